The van der Waals surface area contributed by atoms with Crippen LogP contribution in [0, 0.1) is 0 Å². The molecule has 1 aliphatic heterocycles. The molecule has 19 heavy (non-hydrogen) atoms. The van der Waals surface area contributed by atoms with Gasteiger partial charge in [-0.3, -0.25) is 4.21 Å². The fourth-order valence-corrected chi connectivity index (χ4v) is 4.40. The van der Waals surface area contributed by atoms with Crippen molar-refractivity contribution in [1.29, 1.82) is 0 Å². The van der Waals surface area contributed by atoms with E-state index in [1.54, 1.807) is 11.3 Å². The average Bonchev–Trinajstić information content (AvgIpc) is 3.07. The van der Waals surface area contributed by atoms with Gasteiger partial charge in [0.2, 0.25) is 0 Å². The number of aromatic nitrogens is 1. The Morgan fingerprint density at radius 2 is 2.47 bits per heavy atom. The number of hydrogen-bond donors (Lipinski definition) is 0. The van der Waals surface area contributed by atoms with Crippen LogP contribution in [0.15, 0.2) is 28.1 Å². The maximum Gasteiger partial charge on any atom is 0.177 e. The molecule has 1 saturated heterocycles. The maximum atomic E-state index is 12.3. The predicted octanol–water partition coefficient (Wildman–Crippen LogP) is 2.83. The smallest absolute Gasteiger partial charge is 0.177 e. The van der Waals surface area contributed by atoms with Crippen LogP contribution in [0.25, 0.3) is 10.6 Å². The van der Waals surface area contributed by atoms with Gasteiger partial charge in [0, 0.05) is 23.5 Å². The molecule has 0 unspecified atom stereocenters. The molecule has 3 heterocycles. The largest absolute Gasteiger partial charge is 0.377 e. The molecule has 1 aliphatic rings. The lowest BCUT2D eigenvalue weighted by Gasteiger charge is -2.12. The summed E-state index contributed by atoms with van der Waals surface area (Å²) in [5, 5.41) is 6.11. The first kappa shape index (κ1) is 13.0. The van der Waals surface area contributed by atoms with E-state index < -0.39 is 10.8 Å². The van der Waals surface area contributed by atoms with Crippen molar-refractivity contribution in [2.24, 2.45) is 0 Å². The van der Waals surface area contributed by atoms with Gasteiger partial charge in [0.05, 0.1) is 27.7 Å². The molecule has 2 aromatic heterocycles. The van der Waals surface area contributed by atoms with Crippen molar-refractivity contribution in [1.82, 2.24) is 5.16 Å². The highest BCUT2D eigenvalue weighted by Crippen LogP contribution is 2.26. The van der Waals surface area contributed by atoms with Crippen molar-refractivity contribution < 1.29 is 13.5 Å². The SMILES string of the molecule is C[C@@H]1OCC[C@@H]1[S@@](=O)Cc1cc(-c2cccs2)on1. The summed E-state index contributed by atoms with van der Waals surface area (Å²) in [5.41, 5.74) is 0.751. The van der Waals surface area contributed by atoms with Crippen LogP contribution in [0.2, 0.25) is 0 Å². The normalized spacial score (nSPS) is 24.7. The van der Waals surface area contributed by atoms with Crippen LogP contribution < -0.4 is 0 Å². The molecule has 0 bridgehead atoms. The van der Waals surface area contributed by atoms with Crippen molar-refractivity contribution in [2.75, 3.05) is 6.61 Å². The number of thiophene rings is 1. The highest BCUT2D eigenvalue weighted by atomic mass is 32.2. The Labute approximate surface area is 118 Å². The molecule has 3 rings (SSSR count). The van der Waals surface area contributed by atoms with E-state index in [1.165, 1.54) is 0 Å². The van der Waals surface area contributed by atoms with E-state index in [9.17, 15) is 4.21 Å². The Bertz CT molecular complexity index is 564. The van der Waals surface area contributed by atoms with E-state index in [0.717, 1.165) is 22.8 Å². The lowest BCUT2D eigenvalue weighted by Crippen LogP contribution is -2.24. The molecule has 1 fully saturated rings. The second-order valence-corrected chi connectivity index (χ2v) is 7.19. The molecule has 3 atom stereocenters. The molecule has 6 heteroatoms. The van der Waals surface area contributed by atoms with Gasteiger partial charge < -0.3 is 9.26 Å². The van der Waals surface area contributed by atoms with Gasteiger partial charge in [-0.05, 0) is 24.8 Å². The molecule has 0 aliphatic carbocycles. The average molecular weight is 297 g/mol. The summed E-state index contributed by atoms with van der Waals surface area (Å²) in [6.07, 6.45) is 0.938. The summed E-state index contributed by atoms with van der Waals surface area (Å²) in [4.78, 5) is 1.04. The van der Waals surface area contributed by atoms with Gasteiger partial charge in [-0.15, -0.1) is 11.3 Å². The third-order valence-electron chi connectivity index (χ3n) is 3.26. The van der Waals surface area contributed by atoms with Crippen molar-refractivity contribution in [3.8, 4) is 10.6 Å². The zero-order chi connectivity index (χ0) is 13.2. The fourth-order valence-electron chi connectivity index (χ4n) is 2.22. The van der Waals surface area contributed by atoms with E-state index >= 15 is 0 Å². The second-order valence-electron chi connectivity index (χ2n) is 4.59. The highest BCUT2D eigenvalue weighted by molar-refractivity contribution is 7.84. The Morgan fingerprint density at radius 1 is 1.58 bits per heavy atom. The molecule has 0 amide bonds. The Hall–Kier alpha value is -0.980. The monoisotopic (exact) mass is 297 g/mol. The summed E-state index contributed by atoms with van der Waals surface area (Å²) in [6.45, 7) is 2.69. The van der Waals surface area contributed by atoms with Gasteiger partial charge in [-0.2, -0.15) is 0 Å². The van der Waals surface area contributed by atoms with E-state index in [0.29, 0.717) is 12.4 Å². The van der Waals surface area contributed by atoms with Gasteiger partial charge in [0.15, 0.2) is 5.76 Å². The molecule has 4 nitrogen and oxygen atoms in total. The third-order valence-corrected chi connectivity index (χ3v) is 6.02. The Kier molecular flexibility index (Phi) is 3.81. The summed E-state index contributed by atoms with van der Waals surface area (Å²) >= 11 is 1.60. The van der Waals surface area contributed by atoms with Gasteiger partial charge in [-0.1, -0.05) is 11.2 Å². The summed E-state index contributed by atoms with van der Waals surface area (Å²) < 4.78 is 23.0. The highest BCUT2D eigenvalue weighted by Gasteiger charge is 2.30. The molecule has 0 N–H and O–H groups in total. The third kappa shape index (κ3) is 2.80. The lowest BCUT2D eigenvalue weighted by atomic mass is 10.3. The molecule has 0 radical (unpaired) electrons. The standard InChI is InChI=1S/C13H15NO3S2/c1-9-13(4-5-16-9)19(15)8-10-7-11(17-14-10)12-3-2-6-18-12/h2-3,6-7,9,13H,4-5,8H2,1H3/t9-,13-,19-/m0/s1. The predicted molar refractivity (Wildman–Crippen MR) is 75.5 cm³/mol. The number of hydrogen-bond acceptors (Lipinski definition) is 5. The van der Waals surface area contributed by atoms with E-state index in [-0.39, 0.29) is 11.4 Å². The van der Waals surface area contributed by atoms with E-state index in [4.69, 9.17) is 9.26 Å². The molecular weight excluding hydrogens is 282 g/mol. The number of rotatable bonds is 4. The summed E-state index contributed by atoms with van der Waals surface area (Å²) in [7, 11) is -0.954. The molecule has 0 spiro atoms. The first-order valence-electron chi connectivity index (χ1n) is 6.22. The zero-order valence-electron chi connectivity index (χ0n) is 10.6. The van der Waals surface area contributed by atoms with Crippen LogP contribution in [0.4, 0.5) is 0 Å². The topological polar surface area (TPSA) is 52.3 Å². The quantitative estimate of drug-likeness (QED) is 0.871. The summed E-state index contributed by atoms with van der Waals surface area (Å²) in [5.74, 6) is 1.19. The lowest BCUT2D eigenvalue weighted by molar-refractivity contribution is 0.127. The second kappa shape index (κ2) is 5.56. The van der Waals surface area contributed by atoms with Crippen molar-refractivity contribution in [3.05, 3.63) is 29.3 Å². The van der Waals surface area contributed by atoms with Crippen LogP contribution >= 0.6 is 11.3 Å². The number of ether oxygens (including phenoxy) is 1. The van der Waals surface area contributed by atoms with Crippen LogP contribution in [-0.2, 0) is 21.3 Å². The zero-order valence-corrected chi connectivity index (χ0v) is 12.2. The molecule has 0 aromatic carbocycles. The van der Waals surface area contributed by atoms with Gasteiger partial charge in [0.1, 0.15) is 0 Å². The Balaban J connectivity index is 1.69. The first-order chi connectivity index (χ1) is 9.24. The van der Waals surface area contributed by atoms with Crippen molar-refractivity contribution in [2.45, 2.75) is 30.5 Å². The maximum absolute atomic E-state index is 12.3. The molecule has 0 saturated carbocycles. The van der Waals surface area contributed by atoms with Crippen LogP contribution in [0.5, 0.6) is 0 Å². The van der Waals surface area contributed by atoms with Gasteiger partial charge in [0.25, 0.3) is 0 Å². The number of nitrogens with zero attached hydrogens (tertiary/aromatic N) is 1. The minimum Gasteiger partial charge on any atom is -0.377 e. The van der Waals surface area contributed by atoms with Crippen LogP contribution in [0.3, 0.4) is 0 Å². The Morgan fingerprint density at radius 3 is 3.16 bits per heavy atom. The van der Waals surface area contributed by atoms with Gasteiger partial charge >= 0.3 is 0 Å². The molecule has 102 valence electrons. The minimum absolute atomic E-state index is 0.0736. The van der Waals surface area contributed by atoms with Crippen molar-refractivity contribution in [3.63, 3.8) is 0 Å². The van der Waals surface area contributed by atoms with Crippen molar-refractivity contribution >= 4 is 22.1 Å². The minimum atomic E-state index is -0.954. The molecular formula is C13H15NO3S2. The van der Waals surface area contributed by atoms with Gasteiger partial charge in [-0.25, -0.2) is 0 Å². The van der Waals surface area contributed by atoms with Crippen LogP contribution in [-0.4, -0.2) is 27.3 Å². The van der Waals surface area contributed by atoms with E-state index in [2.05, 4.69) is 5.16 Å². The van der Waals surface area contributed by atoms with E-state index in [1.807, 2.05) is 30.5 Å². The fraction of sp³-hybridized carbons (Fsp3) is 0.462. The first-order valence-corrected chi connectivity index (χ1v) is 8.48. The van der Waals surface area contributed by atoms with Crippen LogP contribution in [0.1, 0.15) is 19.0 Å². The molecule has 2 aromatic rings. The summed E-state index contributed by atoms with van der Waals surface area (Å²) in [6, 6.07) is 5.83.